The van der Waals surface area contributed by atoms with Crippen LogP contribution in [-0.4, -0.2) is 17.9 Å². The highest BCUT2D eigenvalue weighted by atomic mass is 35.5. The average Bonchev–Trinajstić information content (AvgIpc) is 3.14. The normalized spacial score (nSPS) is 22.9. The largest absolute Gasteiger partial charge is 0.492 e. The molecule has 28 heavy (non-hydrogen) atoms. The van der Waals surface area contributed by atoms with E-state index in [4.69, 9.17) is 32.7 Å². The number of hydrogen-bond acceptors (Lipinski definition) is 4. The summed E-state index contributed by atoms with van der Waals surface area (Å²) < 4.78 is 48.8. The smallest absolute Gasteiger partial charge is 0.423 e. The van der Waals surface area contributed by atoms with E-state index in [1.54, 1.807) is 32.0 Å². The van der Waals surface area contributed by atoms with Gasteiger partial charge in [0.1, 0.15) is 5.02 Å². The van der Waals surface area contributed by atoms with Crippen molar-refractivity contribution in [3.8, 4) is 0 Å². The summed E-state index contributed by atoms with van der Waals surface area (Å²) >= 11 is 11.2. The number of rotatable bonds is 2. The van der Waals surface area contributed by atoms with Crippen molar-refractivity contribution in [1.29, 1.82) is 0 Å². The van der Waals surface area contributed by atoms with E-state index in [-0.39, 0.29) is 5.71 Å². The quantitative estimate of drug-likeness (QED) is 0.442. The summed E-state index contributed by atoms with van der Waals surface area (Å²) in [5.74, 6) is -5.16. The molecule has 0 bridgehead atoms. The van der Waals surface area contributed by atoms with Gasteiger partial charge in [-0.05, 0) is 42.6 Å². The Labute approximate surface area is 169 Å². The number of nitrogens with zero attached hydrogens (tertiary/aromatic N) is 1. The van der Waals surface area contributed by atoms with Gasteiger partial charge < -0.3 is 14.5 Å². The second kappa shape index (κ2) is 6.39. The lowest BCUT2D eigenvalue weighted by Gasteiger charge is -2.20. The van der Waals surface area contributed by atoms with Gasteiger partial charge in [0.05, 0.1) is 28.3 Å². The van der Waals surface area contributed by atoms with Crippen molar-refractivity contribution in [3.63, 3.8) is 0 Å². The number of fused-ring (bicyclic) bond motifs is 1. The molecule has 2 aliphatic rings. The molecule has 4 rings (SSSR count). The Balaban J connectivity index is 1.69. The maximum Gasteiger partial charge on any atom is 0.492 e. The van der Waals surface area contributed by atoms with Crippen molar-refractivity contribution in [2.75, 3.05) is 0 Å². The minimum absolute atomic E-state index is 0.207. The Kier molecular flexibility index (Phi) is 4.46. The number of alkyl halides is 1. The molecule has 0 fully saturated rings. The molecular formula is C18H13BCl2F3NO3. The predicted molar refractivity (Wildman–Crippen MR) is 99.6 cm³/mol. The van der Waals surface area contributed by atoms with Crippen LogP contribution in [0.25, 0.3) is 0 Å². The lowest BCUT2D eigenvalue weighted by molar-refractivity contribution is -0.132. The molecule has 0 radical (unpaired) electrons. The van der Waals surface area contributed by atoms with E-state index in [1.807, 2.05) is 0 Å². The molecule has 1 N–H and O–H groups in total. The fourth-order valence-electron chi connectivity index (χ4n) is 3.43. The van der Waals surface area contributed by atoms with E-state index in [0.29, 0.717) is 11.0 Å². The number of hydrogen-bond donors (Lipinski definition) is 1. The highest BCUT2D eigenvalue weighted by Crippen LogP contribution is 2.43. The third-order valence-electron chi connectivity index (χ3n) is 4.91. The number of halogens is 5. The summed E-state index contributed by atoms with van der Waals surface area (Å²) in [5.41, 5.74) is 0.658. The van der Waals surface area contributed by atoms with Crippen molar-refractivity contribution in [3.05, 3.63) is 62.6 Å². The molecule has 10 heteroatoms. The van der Waals surface area contributed by atoms with Crippen molar-refractivity contribution >= 4 is 41.5 Å². The zero-order chi connectivity index (χ0) is 20.4. The summed E-state index contributed by atoms with van der Waals surface area (Å²) in [7, 11) is -1.06. The first-order valence-electron chi connectivity index (χ1n) is 8.31. The minimum Gasteiger partial charge on any atom is -0.423 e. The second-order valence-electron chi connectivity index (χ2n) is 7.16. The number of oxime groups is 1. The van der Waals surface area contributed by atoms with E-state index in [2.05, 4.69) is 5.16 Å². The van der Waals surface area contributed by atoms with Gasteiger partial charge >= 0.3 is 13.0 Å². The van der Waals surface area contributed by atoms with Crippen molar-refractivity contribution in [2.45, 2.75) is 31.7 Å². The van der Waals surface area contributed by atoms with Gasteiger partial charge in [-0.25, -0.2) is 8.78 Å². The zero-order valence-electron chi connectivity index (χ0n) is 14.7. The Hall–Kier alpha value is -1.74. The molecule has 0 aromatic heterocycles. The predicted octanol–water partition coefficient (Wildman–Crippen LogP) is 4.17. The first kappa shape index (κ1) is 19.6. The van der Waals surface area contributed by atoms with Crippen LogP contribution < -0.4 is 5.46 Å². The van der Waals surface area contributed by atoms with Gasteiger partial charge in [-0.1, -0.05) is 40.5 Å². The first-order valence-corrected chi connectivity index (χ1v) is 9.07. The fraction of sp³-hybridized carbons (Fsp3) is 0.278. The van der Waals surface area contributed by atoms with Crippen LogP contribution in [0.15, 0.2) is 29.4 Å². The van der Waals surface area contributed by atoms with Crippen LogP contribution in [0, 0.1) is 11.6 Å². The highest BCUT2D eigenvalue weighted by Gasteiger charge is 2.46. The van der Waals surface area contributed by atoms with E-state index in [1.165, 1.54) is 0 Å². The van der Waals surface area contributed by atoms with E-state index < -0.39 is 52.2 Å². The van der Waals surface area contributed by atoms with Crippen LogP contribution in [0.5, 0.6) is 0 Å². The molecular weight excluding hydrogens is 417 g/mol. The van der Waals surface area contributed by atoms with E-state index >= 15 is 4.39 Å². The molecule has 2 heterocycles. The molecule has 1 atom stereocenters. The SMILES string of the molecule is CC1(C)OB(O)c2ccc(C3=NOC(F)(c4cc(Cl)c(F)c(Cl)c4F)C3)cc21. The zero-order valence-corrected chi connectivity index (χ0v) is 16.2. The molecule has 0 saturated carbocycles. The molecule has 1 unspecified atom stereocenters. The fourth-order valence-corrected chi connectivity index (χ4v) is 3.89. The maximum absolute atomic E-state index is 15.3. The first-order chi connectivity index (χ1) is 13.0. The van der Waals surface area contributed by atoms with Gasteiger partial charge in [0, 0.05) is 0 Å². The van der Waals surface area contributed by atoms with Crippen LogP contribution in [0.4, 0.5) is 13.2 Å². The highest BCUT2D eigenvalue weighted by molar-refractivity contribution is 6.62. The maximum atomic E-state index is 15.3. The molecule has 0 spiro atoms. The molecule has 4 nitrogen and oxygen atoms in total. The van der Waals surface area contributed by atoms with Crippen LogP contribution >= 0.6 is 23.2 Å². The molecule has 0 saturated heterocycles. The summed E-state index contributed by atoms with van der Waals surface area (Å²) in [6, 6.07) is 5.78. The van der Waals surface area contributed by atoms with E-state index in [0.717, 1.165) is 11.6 Å². The molecule has 0 aliphatic carbocycles. The van der Waals surface area contributed by atoms with Gasteiger partial charge in [-0.2, -0.15) is 4.39 Å². The van der Waals surface area contributed by atoms with Gasteiger partial charge in [0.2, 0.25) is 0 Å². The third-order valence-corrected chi connectivity index (χ3v) is 5.51. The standard InChI is InChI=1S/C18H13BCl2F3NO3/c1-17(2)9-5-8(3-4-11(9)19(26)27-17)13-7-18(24,28-25-13)10-6-12(20)16(23)14(21)15(10)22/h3-6,26H,7H2,1-2H3. The van der Waals surface area contributed by atoms with Crippen LogP contribution in [-0.2, 0) is 20.9 Å². The second-order valence-corrected chi connectivity index (χ2v) is 7.95. The summed E-state index contributed by atoms with van der Waals surface area (Å²) in [6.07, 6.45) is -0.440. The topological polar surface area (TPSA) is 51.0 Å². The summed E-state index contributed by atoms with van der Waals surface area (Å²) in [5, 5.41) is 12.3. The average molecular weight is 430 g/mol. The van der Waals surface area contributed by atoms with Gasteiger partial charge in [0.25, 0.3) is 0 Å². The monoisotopic (exact) mass is 429 g/mol. The van der Waals surface area contributed by atoms with E-state index in [9.17, 15) is 13.8 Å². The molecule has 2 aromatic carbocycles. The van der Waals surface area contributed by atoms with Crippen LogP contribution in [0.3, 0.4) is 0 Å². The Morgan fingerprint density at radius 1 is 1.14 bits per heavy atom. The Morgan fingerprint density at radius 3 is 2.57 bits per heavy atom. The number of benzene rings is 2. The molecule has 146 valence electrons. The molecule has 2 aromatic rings. The van der Waals surface area contributed by atoms with Crippen molar-refractivity contribution in [2.24, 2.45) is 5.16 Å². The van der Waals surface area contributed by atoms with Gasteiger partial charge in [-0.3, -0.25) is 0 Å². The van der Waals surface area contributed by atoms with Gasteiger partial charge in [0.15, 0.2) is 11.6 Å². The third kappa shape index (κ3) is 2.90. The Bertz CT molecular complexity index is 1030. The lowest BCUT2D eigenvalue weighted by Crippen LogP contribution is -2.28. The van der Waals surface area contributed by atoms with Crippen molar-refractivity contribution < 1.29 is 27.7 Å². The van der Waals surface area contributed by atoms with Crippen LogP contribution in [0.2, 0.25) is 10.0 Å². The van der Waals surface area contributed by atoms with Crippen LogP contribution in [0.1, 0.15) is 37.0 Å². The van der Waals surface area contributed by atoms with Gasteiger partial charge in [-0.15, -0.1) is 0 Å². The minimum atomic E-state index is -2.69. The molecule has 0 amide bonds. The summed E-state index contributed by atoms with van der Waals surface area (Å²) in [4.78, 5) is 4.88. The lowest BCUT2D eigenvalue weighted by atomic mass is 9.77. The Morgan fingerprint density at radius 2 is 1.86 bits per heavy atom. The molecule has 2 aliphatic heterocycles. The van der Waals surface area contributed by atoms with Crippen molar-refractivity contribution in [1.82, 2.24) is 0 Å². The summed E-state index contributed by atoms with van der Waals surface area (Å²) in [6.45, 7) is 3.58.